The number of furan rings is 1. The van der Waals surface area contributed by atoms with Gasteiger partial charge in [0.15, 0.2) is 24.7 Å². The fraction of sp³-hybridized carbons (Fsp3) is 0.292. The van der Waals surface area contributed by atoms with Gasteiger partial charge >= 0.3 is 11.9 Å². The van der Waals surface area contributed by atoms with Gasteiger partial charge in [-0.3, -0.25) is 14.5 Å². The molecule has 15 nitrogen and oxygen atoms in total. The largest absolute Gasteiger partial charge is 0.478 e. The maximum atomic E-state index is 13.2. The summed E-state index contributed by atoms with van der Waals surface area (Å²) in [7, 11) is 0. The molecule has 5 N–H and O–H groups in total. The number of carboxylic acids is 2. The molecule has 5 heterocycles. The summed E-state index contributed by atoms with van der Waals surface area (Å²) in [5.74, 6) is -3.89. The van der Waals surface area contributed by atoms with Crippen molar-refractivity contribution in [3.63, 3.8) is 0 Å². The van der Waals surface area contributed by atoms with Gasteiger partial charge in [0.25, 0.3) is 17.8 Å². The molecule has 3 aromatic rings. The van der Waals surface area contributed by atoms with E-state index in [2.05, 4.69) is 15.5 Å². The van der Waals surface area contributed by atoms with E-state index >= 15 is 0 Å². The molecule has 2 aliphatic heterocycles. The molecular formula is C24H23N6O9S+. The molecule has 1 saturated heterocycles. The summed E-state index contributed by atoms with van der Waals surface area (Å²) in [5, 5.41) is 25.6. The van der Waals surface area contributed by atoms with Crippen molar-refractivity contribution in [2.45, 2.75) is 37.4 Å². The first-order valence-corrected chi connectivity index (χ1v) is 12.8. The zero-order valence-corrected chi connectivity index (χ0v) is 21.9. The van der Waals surface area contributed by atoms with Crippen LogP contribution in [-0.2, 0) is 30.6 Å². The predicted octanol–water partition coefficient (Wildman–Crippen LogP) is 0.313. The normalized spacial score (nSPS) is 19.3. The lowest BCUT2D eigenvalue weighted by atomic mass is 10.0. The number of carbonyl (C=O) groups excluding carboxylic acids is 2. The van der Waals surface area contributed by atoms with E-state index in [-0.39, 0.29) is 29.7 Å². The summed E-state index contributed by atoms with van der Waals surface area (Å²) in [6.45, 7) is 2.67. The quantitative estimate of drug-likeness (QED) is 0.118. The van der Waals surface area contributed by atoms with Crippen molar-refractivity contribution in [1.82, 2.24) is 15.2 Å². The maximum Gasteiger partial charge on any atom is 0.352 e. The number of nitrogens with two attached hydrogens (primary N) is 1. The Balaban J connectivity index is 1.36. The average Bonchev–Trinajstić information content (AvgIpc) is 3.55. The van der Waals surface area contributed by atoms with Crippen LogP contribution in [-0.4, -0.2) is 72.3 Å². The summed E-state index contributed by atoms with van der Waals surface area (Å²) < 4.78 is 12.1. The zero-order chi connectivity index (χ0) is 28.8. The topological polar surface area (TPSA) is 215 Å². The third-order valence-electron chi connectivity index (χ3n) is 6.22. The van der Waals surface area contributed by atoms with Crippen LogP contribution in [0.4, 0.5) is 6.01 Å². The van der Waals surface area contributed by atoms with Crippen LogP contribution in [0.15, 0.2) is 62.3 Å². The summed E-state index contributed by atoms with van der Waals surface area (Å²) >= 11 is 1.29. The number of nitrogens with one attached hydrogen (secondary N) is 1. The number of pyridine rings is 1. The van der Waals surface area contributed by atoms with E-state index < -0.39 is 46.5 Å². The molecule has 2 aliphatic rings. The first kappa shape index (κ1) is 26.7. The number of amides is 2. The number of nitrogens with zero attached hydrogens (tertiary/aromatic N) is 4. The van der Waals surface area contributed by atoms with Crippen LogP contribution in [0, 0.1) is 0 Å². The van der Waals surface area contributed by atoms with Gasteiger partial charge in [-0.2, -0.15) is 4.98 Å². The molecule has 5 rings (SSSR count). The van der Waals surface area contributed by atoms with Crippen LogP contribution in [0.3, 0.4) is 0 Å². The third-order valence-corrected chi connectivity index (χ3v) is 7.56. The molecule has 0 bridgehead atoms. The Morgan fingerprint density at radius 1 is 1.32 bits per heavy atom. The lowest BCUT2D eigenvalue weighted by Crippen LogP contribution is -2.71. The van der Waals surface area contributed by atoms with Crippen LogP contribution in [0.25, 0.3) is 11.0 Å². The number of hydrogen-bond donors (Lipinski definition) is 4. The molecule has 2 atom stereocenters. The first-order valence-electron chi connectivity index (χ1n) is 11.7. The molecule has 2 amide bonds. The van der Waals surface area contributed by atoms with Crippen molar-refractivity contribution >= 4 is 58.2 Å². The highest BCUT2D eigenvalue weighted by atomic mass is 32.2. The summed E-state index contributed by atoms with van der Waals surface area (Å²) in [6, 6.07) is 2.17. The molecule has 0 aromatic carbocycles. The minimum Gasteiger partial charge on any atom is -0.478 e. The number of nitrogen functional groups attached to an aromatic ring is 1. The lowest BCUT2D eigenvalue weighted by molar-refractivity contribution is -0.687. The van der Waals surface area contributed by atoms with E-state index in [1.54, 1.807) is 29.2 Å². The van der Waals surface area contributed by atoms with Crippen LogP contribution < -0.4 is 15.6 Å². The standard InChI is InChI=1S/C24H22N6O9S/c1-24(2,22(35)36)39-28-15(13-9-38-23(25)26-13)18(31)27-16-19(32)30-17(21(33)34)12(10-40-20(16)30)8-29-5-3-14-11(7-29)4-6-37-14/h3-7,9,16,20H,8,10H2,1-2H3,(H4-,25,26,27,31,33,34,35,36)/p+1/t16?,20-/m0/s1. The van der Waals surface area contributed by atoms with Gasteiger partial charge < -0.3 is 34.9 Å². The van der Waals surface area contributed by atoms with Gasteiger partial charge in [0, 0.05) is 17.4 Å². The summed E-state index contributed by atoms with van der Waals surface area (Å²) in [6.07, 6.45) is 6.14. The van der Waals surface area contributed by atoms with Gasteiger partial charge in [0.1, 0.15) is 34.7 Å². The Labute approximate surface area is 229 Å². The highest BCUT2D eigenvalue weighted by Gasteiger charge is 2.55. The Morgan fingerprint density at radius 3 is 2.77 bits per heavy atom. The van der Waals surface area contributed by atoms with Crippen LogP contribution >= 0.6 is 11.8 Å². The van der Waals surface area contributed by atoms with Crippen molar-refractivity contribution in [1.29, 1.82) is 0 Å². The molecular weight excluding hydrogens is 548 g/mol. The number of anilines is 1. The predicted molar refractivity (Wildman–Crippen MR) is 136 cm³/mol. The van der Waals surface area contributed by atoms with E-state index in [0.717, 1.165) is 16.5 Å². The molecule has 0 aliphatic carbocycles. The number of carbonyl (C=O) groups is 4. The molecule has 3 aromatic heterocycles. The minimum absolute atomic E-state index is 0.149. The number of fused-ring (bicyclic) bond motifs is 2. The first-order chi connectivity index (χ1) is 19.0. The second-order valence-electron chi connectivity index (χ2n) is 9.39. The van der Waals surface area contributed by atoms with Crippen molar-refractivity contribution in [3.05, 3.63) is 54.0 Å². The Hall–Kier alpha value is -4.86. The number of thioether (sulfide) groups is 1. The van der Waals surface area contributed by atoms with Gasteiger partial charge in [-0.25, -0.2) is 14.2 Å². The number of aromatic nitrogens is 2. The highest BCUT2D eigenvalue weighted by Crippen LogP contribution is 2.40. The van der Waals surface area contributed by atoms with Crippen molar-refractivity contribution in [2.75, 3.05) is 11.5 Å². The number of oxazole rings is 1. The molecule has 0 radical (unpaired) electrons. The highest BCUT2D eigenvalue weighted by molar-refractivity contribution is 8.00. The van der Waals surface area contributed by atoms with Crippen molar-refractivity contribution in [2.24, 2.45) is 5.16 Å². The molecule has 16 heteroatoms. The Morgan fingerprint density at radius 2 is 2.10 bits per heavy atom. The number of aliphatic carboxylic acids is 2. The van der Waals surface area contributed by atoms with E-state index in [9.17, 15) is 29.4 Å². The summed E-state index contributed by atoms with van der Waals surface area (Å²) in [5.41, 5.74) is 4.12. The third kappa shape index (κ3) is 4.84. The van der Waals surface area contributed by atoms with Crippen LogP contribution in [0.5, 0.6) is 0 Å². The SMILES string of the molecule is CC(C)(ON=C(C(=O)NC1C(=O)N2C(C(=O)O)=C(C[n+]3ccc4occc4c3)CS[C@@H]12)c1coc(N)n1)C(=O)O. The van der Waals surface area contributed by atoms with Gasteiger partial charge in [0.05, 0.1) is 11.6 Å². The second kappa shape index (κ2) is 10.0. The molecule has 0 spiro atoms. The van der Waals surface area contributed by atoms with E-state index in [1.807, 2.05) is 6.20 Å². The number of carboxylic acid groups (broad SMARTS) is 2. The van der Waals surface area contributed by atoms with E-state index in [1.165, 1.54) is 25.6 Å². The minimum atomic E-state index is -1.79. The number of β-lactam (4-membered cyclic amide) rings is 1. The van der Waals surface area contributed by atoms with Crippen molar-refractivity contribution in [3.8, 4) is 0 Å². The van der Waals surface area contributed by atoms with Gasteiger partial charge in [0.2, 0.25) is 5.60 Å². The van der Waals surface area contributed by atoms with Crippen molar-refractivity contribution < 1.29 is 47.6 Å². The Kier molecular flexibility index (Phi) is 6.70. The fourth-order valence-electron chi connectivity index (χ4n) is 4.09. The second-order valence-corrected chi connectivity index (χ2v) is 10.5. The molecule has 1 unspecified atom stereocenters. The van der Waals surface area contributed by atoms with E-state index in [0.29, 0.717) is 11.2 Å². The summed E-state index contributed by atoms with van der Waals surface area (Å²) in [4.78, 5) is 59.9. The average molecular weight is 572 g/mol. The molecule has 0 saturated carbocycles. The molecule has 208 valence electrons. The lowest BCUT2D eigenvalue weighted by Gasteiger charge is -2.49. The fourth-order valence-corrected chi connectivity index (χ4v) is 5.43. The van der Waals surface area contributed by atoms with Gasteiger partial charge in [-0.15, -0.1) is 11.8 Å². The maximum absolute atomic E-state index is 13.2. The van der Waals surface area contributed by atoms with Gasteiger partial charge in [-0.1, -0.05) is 5.16 Å². The van der Waals surface area contributed by atoms with Crippen LogP contribution in [0.2, 0.25) is 0 Å². The molecule has 1 fully saturated rings. The number of oxime groups is 1. The number of rotatable bonds is 9. The number of hydrogen-bond acceptors (Lipinski definition) is 11. The smallest absolute Gasteiger partial charge is 0.352 e. The Bertz CT molecular complexity index is 1610. The zero-order valence-electron chi connectivity index (χ0n) is 21.1. The van der Waals surface area contributed by atoms with E-state index in [4.69, 9.17) is 19.4 Å². The monoisotopic (exact) mass is 571 g/mol. The molecule has 40 heavy (non-hydrogen) atoms. The van der Waals surface area contributed by atoms with Gasteiger partial charge in [-0.05, 0) is 19.9 Å². The van der Waals surface area contributed by atoms with Crippen LogP contribution in [0.1, 0.15) is 19.5 Å².